The number of hydrogen-bond acceptors (Lipinski definition) is 3. The summed E-state index contributed by atoms with van der Waals surface area (Å²) in [5, 5.41) is 0. The topological polar surface area (TPSA) is 46.9 Å². The molecule has 0 saturated carbocycles. The van der Waals surface area contributed by atoms with Gasteiger partial charge in [0.15, 0.2) is 0 Å². The van der Waals surface area contributed by atoms with Gasteiger partial charge in [0.2, 0.25) is 0 Å². The average Bonchev–Trinajstić information content (AvgIpc) is 2.74. The molecule has 0 unspecified atom stereocenters. The Morgan fingerprint density at radius 3 is 2.85 bits per heavy atom. The molecule has 0 aliphatic rings. The van der Waals surface area contributed by atoms with Gasteiger partial charge in [-0.2, -0.15) is 0 Å². The third-order valence-corrected chi connectivity index (χ3v) is 2.26. The maximum Gasteiger partial charge on any atom is 0.281 e. The Labute approximate surface area is 78.8 Å². The molecule has 0 aromatic carbocycles. The average molecular weight is 193 g/mol. The van der Waals surface area contributed by atoms with E-state index >= 15 is 0 Å². The molecular weight excluding hydrogens is 186 g/mol. The summed E-state index contributed by atoms with van der Waals surface area (Å²) in [6.07, 6.45) is 5.07. The SMILES string of the molecule is O=C(Nn1cccc1)c1cncs1. The van der Waals surface area contributed by atoms with Gasteiger partial charge in [-0.15, -0.1) is 11.3 Å². The van der Waals surface area contributed by atoms with E-state index in [0.717, 1.165) is 0 Å². The molecule has 2 rings (SSSR count). The maximum atomic E-state index is 11.4. The monoisotopic (exact) mass is 193 g/mol. The van der Waals surface area contributed by atoms with Crippen LogP contribution in [-0.2, 0) is 0 Å². The molecule has 0 fully saturated rings. The van der Waals surface area contributed by atoms with E-state index in [1.165, 1.54) is 11.3 Å². The lowest BCUT2D eigenvalue weighted by Gasteiger charge is -2.02. The molecule has 4 nitrogen and oxygen atoms in total. The van der Waals surface area contributed by atoms with Crippen molar-refractivity contribution in [3.8, 4) is 0 Å². The smallest absolute Gasteiger partial charge is 0.268 e. The summed E-state index contributed by atoms with van der Waals surface area (Å²) in [5.41, 5.74) is 4.30. The molecule has 0 bridgehead atoms. The van der Waals surface area contributed by atoms with Crippen LogP contribution in [0, 0.1) is 0 Å². The van der Waals surface area contributed by atoms with Crippen molar-refractivity contribution >= 4 is 17.2 Å². The summed E-state index contributed by atoms with van der Waals surface area (Å²) in [6, 6.07) is 3.68. The molecule has 5 heteroatoms. The first-order valence-corrected chi connectivity index (χ1v) is 4.57. The number of amides is 1. The van der Waals surface area contributed by atoms with Crippen LogP contribution in [0.25, 0.3) is 0 Å². The fraction of sp³-hybridized carbons (Fsp3) is 0. The van der Waals surface area contributed by atoms with Crippen molar-refractivity contribution in [3.63, 3.8) is 0 Å². The number of nitrogens with one attached hydrogen (secondary N) is 1. The van der Waals surface area contributed by atoms with Gasteiger partial charge in [-0.25, -0.2) is 0 Å². The lowest BCUT2D eigenvalue weighted by atomic mass is 10.5. The Balaban J connectivity index is 2.08. The second-order valence-corrected chi connectivity index (χ2v) is 3.28. The molecule has 1 amide bonds. The van der Waals surface area contributed by atoms with Crippen LogP contribution in [0.5, 0.6) is 0 Å². The molecule has 0 aliphatic carbocycles. The standard InChI is InChI=1S/C8H7N3OS/c12-8(7-5-9-6-13-7)10-11-3-1-2-4-11/h1-6H,(H,10,12). The van der Waals surface area contributed by atoms with Gasteiger partial charge < -0.3 is 0 Å². The second-order valence-electron chi connectivity index (χ2n) is 2.40. The van der Waals surface area contributed by atoms with E-state index in [-0.39, 0.29) is 5.91 Å². The van der Waals surface area contributed by atoms with Gasteiger partial charge in [0.05, 0.1) is 11.7 Å². The molecule has 2 heterocycles. The summed E-state index contributed by atoms with van der Waals surface area (Å²) < 4.78 is 1.60. The number of nitrogens with zero attached hydrogens (tertiary/aromatic N) is 2. The van der Waals surface area contributed by atoms with Crippen molar-refractivity contribution in [1.82, 2.24) is 9.66 Å². The lowest BCUT2D eigenvalue weighted by Crippen LogP contribution is -2.20. The van der Waals surface area contributed by atoms with Gasteiger partial charge in [0.25, 0.3) is 5.91 Å². The fourth-order valence-electron chi connectivity index (χ4n) is 0.909. The third-order valence-electron chi connectivity index (χ3n) is 1.49. The number of carbonyl (C=O) groups is 1. The first-order chi connectivity index (χ1) is 6.36. The van der Waals surface area contributed by atoms with Crippen LogP contribution in [0.4, 0.5) is 0 Å². The molecule has 13 heavy (non-hydrogen) atoms. The van der Waals surface area contributed by atoms with Crippen LogP contribution in [0.1, 0.15) is 9.67 Å². The highest BCUT2D eigenvalue weighted by atomic mass is 32.1. The predicted molar refractivity (Wildman–Crippen MR) is 50.2 cm³/mol. The zero-order valence-electron chi connectivity index (χ0n) is 6.68. The van der Waals surface area contributed by atoms with E-state index in [1.54, 1.807) is 28.8 Å². The van der Waals surface area contributed by atoms with Gasteiger partial charge in [-0.1, -0.05) is 0 Å². The first-order valence-electron chi connectivity index (χ1n) is 3.69. The molecule has 0 spiro atoms. The minimum atomic E-state index is -0.140. The van der Waals surface area contributed by atoms with Crippen LogP contribution in [0.3, 0.4) is 0 Å². The van der Waals surface area contributed by atoms with Gasteiger partial charge in [0.1, 0.15) is 4.88 Å². The molecule has 0 radical (unpaired) electrons. The highest BCUT2D eigenvalue weighted by molar-refractivity contribution is 7.11. The first kappa shape index (κ1) is 8.00. The normalized spacial score (nSPS) is 9.85. The summed E-state index contributed by atoms with van der Waals surface area (Å²) in [7, 11) is 0. The van der Waals surface area contributed by atoms with Crippen LogP contribution >= 0.6 is 11.3 Å². The summed E-state index contributed by atoms with van der Waals surface area (Å²) in [5.74, 6) is -0.140. The van der Waals surface area contributed by atoms with Crippen molar-refractivity contribution < 1.29 is 4.79 Å². The van der Waals surface area contributed by atoms with E-state index < -0.39 is 0 Å². The summed E-state index contributed by atoms with van der Waals surface area (Å²) in [4.78, 5) is 15.8. The number of carbonyl (C=O) groups excluding carboxylic acids is 1. The zero-order valence-corrected chi connectivity index (χ0v) is 7.49. The predicted octanol–water partition coefficient (Wildman–Crippen LogP) is 1.33. The molecule has 0 atom stereocenters. The van der Waals surface area contributed by atoms with E-state index in [4.69, 9.17) is 0 Å². The van der Waals surface area contributed by atoms with E-state index in [2.05, 4.69) is 10.4 Å². The Morgan fingerprint density at radius 1 is 1.46 bits per heavy atom. The quantitative estimate of drug-likeness (QED) is 0.782. The molecule has 2 aromatic rings. The largest absolute Gasteiger partial charge is 0.281 e. The van der Waals surface area contributed by atoms with Gasteiger partial charge in [-0.3, -0.25) is 19.9 Å². The second kappa shape index (κ2) is 3.40. The minimum absolute atomic E-state index is 0.140. The van der Waals surface area contributed by atoms with Crippen LogP contribution in [0.2, 0.25) is 0 Å². The van der Waals surface area contributed by atoms with Crippen molar-refractivity contribution in [1.29, 1.82) is 0 Å². The molecule has 66 valence electrons. The van der Waals surface area contributed by atoms with Gasteiger partial charge >= 0.3 is 0 Å². The highest BCUT2D eigenvalue weighted by Gasteiger charge is 2.05. The van der Waals surface area contributed by atoms with Crippen LogP contribution < -0.4 is 5.43 Å². The summed E-state index contributed by atoms with van der Waals surface area (Å²) in [6.45, 7) is 0. The van der Waals surface area contributed by atoms with E-state index in [9.17, 15) is 4.79 Å². The number of hydrogen-bond donors (Lipinski definition) is 1. The number of thiazole rings is 1. The Kier molecular flexibility index (Phi) is 2.09. The molecule has 1 N–H and O–H groups in total. The Morgan fingerprint density at radius 2 is 2.23 bits per heavy atom. The van der Waals surface area contributed by atoms with Crippen LogP contribution in [0.15, 0.2) is 36.2 Å². The molecule has 2 aromatic heterocycles. The van der Waals surface area contributed by atoms with Crippen LogP contribution in [-0.4, -0.2) is 15.6 Å². The maximum absolute atomic E-state index is 11.4. The fourth-order valence-corrected chi connectivity index (χ4v) is 1.42. The lowest BCUT2D eigenvalue weighted by molar-refractivity contribution is 0.101. The van der Waals surface area contributed by atoms with Gasteiger partial charge in [-0.05, 0) is 12.1 Å². The van der Waals surface area contributed by atoms with Gasteiger partial charge in [0, 0.05) is 12.4 Å². The molecular formula is C8H7N3OS. The minimum Gasteiger partial charge on any atom is -0.268 e. The van der Waals surface area contributed by atoms with E-state index in [1.807, 2.05) is 12.1 Å². The Bertz CT molecular complexity index is 379. The molecule has 0 aliphatic heterocycles. The van der Waals surface area contributed by atoms with Crippen molar-refractivity contribution in [2.45, 2.75) is 0 Å². The number of rotatable bonds is 2. The van der Waals surface area contributed by atoms with E-state index in [0.29, 0.717) is 4.88 Å². The van der Waals surface area contributed by atoms with Crippen molar-refractivity contribution in [2.24, 2.45) is 0 Å². The summed E-state index contributed by atoms with van der Waals surface area (Å²) >= 11 is 1.32. The number of aromatic nitrogens is 2. The Hall–Kier alpha value is -1.62. The highest BCUT2D eigenvalue weighted by Crippen LogP contribution is 2.05. The zero-order chi connectivity index (χ0) is 9.10. The molecule has 0 saturated heterocycles. The third kappa shape index (κ3) is 1.75. The van der Waals surface area contributed by atoms with Crippen molar-refractivity contribution in [3.05, 3.63) is 41.1 Å². The van der Waals surface area contributed by atoms with Crippen molar-refractivity contribution in [2.75, 3.05) is 5.43 Å².